The van der Waals surface area contributed by atoms with Crippen molar-refractivity contribution in [2.45, 2.75) is 69.2 Å². The van der Waals surface area contributed by atoms with Crippen molar-refractivity contribution in [1.82, 2.24) is 9.55 Å². The van der Waals surface area contributed by atoms with Crippen molar-refractivity contribution < 1.29 is 0 Å². The molecule has 2 nitrogen and oxygen atoms in total. The minimum absolute atomic E-state index is 0. The van der Waals surface area contributed by atoms with Crippen LogP contribution >= 0.6 is 24.2 Å². The number of imidazole rings is 1. The maximum atomic E-state index is 4.24. The van der Waals surface area contributed by atoms with Crippen LogP contribution in [0.1, 0.15) is 56.2 Å². The Morgan fingerprint density at radius 1 is 1.32 bits per heavy atom. The Bertz CT molecular complexity index is 713. The van der Waals surface area contributed by atoms with Gasteiger partial charge < -0.3 is 4.57 Å². The zero-order valence-electron chi connectivity index (χ0n) is 15.3. The van der Waals surface area contributed by atoms with Crippen LogP contribution in [-0.4, -0.2) is 15.3 Å². The van der Waals surface area contributed by atoms with Gasteiger partial charge in [-0.3, -0.25) is 0 Å². The Kier molecular flexibility index (Phi) is 5.85. The summed E-state index contributed by atoms with van der Waals surface area (Å²) < 4.78 is 2.28. The Morgan fingerprint density at radius 2 is 2.20 bits per heavy atom. The van der Waals surface area contributed by atoms with Crippen molar-refractivity contribution >= 4 is 24.2 Å². The van der Waals surface area contributed by atoms with Gasteiger partial charge in [0, 0.05) is 23.8 Å². The number of nitrogens with zero attached hydrogens (tertiary/aromatic N) is 2. The van der Waals surface area contributed by atoms with E-state index < -0.39 is 0 Å². The van der Waals surface area contributed by atoms with Gasteiger partial charge in [-0.05, 0) is 78.4 Å². The lowest BCUT2D eigenvalue weighted by atomic mass is 9.59. The summed E-state index contributed by atoms with van der Waals surface area (Å²) in [5.74, 6) is 1.90. The molecule has 0 fully saturated rings. The molecule has 0 aliphatic heterocycles. The number of aromatic nitrogens is 2. The summed E-state index contributed by atoms with van der Waals surface area (Å²) in [6, 6.07) is 4.85. The van der Waals surface area contributed by atoms with E-state index in [1.54, 1.807) is 21.6 Å². The van der Waals surface area contributed by atoms with E-state index in [1.165, 1.54) is 38.5 Å². The molecule has 25 heavy (non-hydrogen) atoms. The minimum atomic E-state index is 0. The molecule has 0 spiro atoms. The SMILES string of the molecule is CCSc1ccc2c3c1CC(Cn1ccnc1)CC3(CC)CCC2.Cl. The molecule has 0 amide bonds. The highest BCUT2D eigenvalue weighted by molar-refractivity contribution is 7.99. The highest BCUT2D eigenvalue weighted by Crippen LogP contribution is 2.52. The molecule has 2 aromatic rings. The Morgan fingerprint density at radius 3 is 2.92 bits per heavy atom. The summed E-state index contributed by atoms with van der Waals surface area (Å²) in [5, 5.41) is 0. The third-order valence-corrected chi connectivity index (χ3v) is 7.15. The maximum Gasteiger partial charge on any atom is 0.0945 e. The lowest BCUT2D eigenvalue weighted by Crippen LogP contribution is -2.39. The predicted molar refractivity (Wildman–Crippen MR) is 109 cm³/mol. The van der Waals surface area contributed by atoms with Crippen LogP contribution in [0.3, 0.4) is 0 Å². The fourth-order valence-corrected chi connectivity index (χ4v) is 6.05. The average molecular weight is 377 g/mol. The van der Waals surface area contributed by atoms with Gasteiger partial charge in [-0.15, -0.1) is 24.2 Å². The molecule has 2 atom stereocenters. The molecule has 1 heterocycles. The fourth-order valence-electron chi connectivity index (χ4n) is 5.22. The number of aryl methyl sites for hydroxylation is 1. The van der Waals surface area contributed by atoms with Crippen LogP contribution in [0.5, 0.6) is 0 Å². The molecule has 2 unspecified atom stereocenters. The summed E-state index contributed by atoms with van der Waals surface area (Å²) in [5.41, 5.74) is 5.53. The van der Waals surface area contributed by atoms with Gasteiger partial charge in [0.2, 0.25) is 0 Å². The monoisotopic (exact) mass is 376 g/mol. The topological polar surface area (TPSA) is 17.8 Å². The first-order chi connectivity index (χ1) is 11.8. The average Bonchev–Trinajstić information content (AvgIpc) is 3.10. The molecule has 1 aromatic carbocycles. The number of hydrogen-bond donors (Lipinski definition) is 0. The van der Waals surface area contributed by atoms with Crippen molar-refractivity contribution in [3.8, 4) is 0 Å². The number of thioether (sulfide) groups is 1. The Hall–Kier alpha value is -0.930. The number of rotatable bonds is 5. The lowest BCUT2D eigenvalue weighted by molar-refractivity contribution is 0.224. The van der Waals surface area contributed by atoms with Gasteiger partial charge in [0.1, 0.15) is 0 Å². The summed E-state index contributed by atoms with van der Waals surface area (Å²) in [6.07, 6.45) is 13.9. The summed E-state index contributed by atoms with van der Waals surface area (Å²) in [7, 11) is 0. The molecule has 2 aliphatic carbocycles. The summed E-state index contributed by atoms with van der Waals surface area (Å²) in [6.45, 7) is 5.80. The van der Waals surface area contributed by atoms with E-state index >= 15 is 0 Å². The quantitative estimate of drug-likeness (QED) is 0.626. The molecule has 0 bridgehead atoms. The van der Waals surface area contributed by atoms with E-state index in [0.717, 1.165) is 18.2 Å². The first kappa shape index (κ1) is 18.8. The highest BCUT2D eigenvalue weighted by Gasteiger charge is 2.42. The van der Waals surface area contributed by atoms with E-state index in [-0.39, 0.29) is 12.4 Å². The first-order valence-electron chi connectivity index (χ1n) is 9.49. The molecular weight excluding hydrogens is 348 g/mol. The lowest BCUT2D eigenvalue weighted by Gasteiger charge is -2.47. The maximum absolute atomic E-state index is 4.24. The molecule has 4 rings (SSSR count). The number of hydrogen-bond acceptors (Lipinski definition) is 2. The van der Waals surface area contributed by atoms with Crippen LogP contribution in [-0.2, 0) is 24.8 Å². The zero-order valence-corrected chi connectivity index (χ0v) is 17.0. The van der Waals surface area contributed by atoms with Gasteiger partial charge in [0.05, 0.1) is 6.33 Å². The molecule has 0 saturated heterocycles. The third kappa shape index (κ3) is 3.38. The summed E-state index contributed by atoms with van der Waals surface area (Å²) in [4.78, 5) is 5.79. The van der Waals surface area contributed by atoms with Crippen LogP contribution < -0.4 is 0 Å². The smallest absolute Gasteiger partial charge is 0.0945 e. The van der Waals surface area contributed by atoms with Crippen LogP contribution in [0.4, 0.5) is 0 Å². The highest BCUT2D eigenvalue weighted by atomic mass is 35.5. The number of halogens is 1. The van der Waals surface area contributed by atoms with E-state index in [0.29, 0.717) is 5.41 Å². The van der Waals surface area contributed by atoms with Crippen molar-refractivity contribution in [3.63, 3.8) is 0 Å². The molecule has 136 valence electrons. The van der Waals surface area contributed by atoms with Crippen molar-refractivity contribution in [2.75, 3.05) is 5.75 Å². The molecule has 0 saturated carbocycles. The van der Waals surface area contributed by atoms with E-state index in [4.69, 9.17) is 0 Å². The van der Waals surface area contributed by atoms with Gasteiger partial charge in [-0.1, -0.05) is 19.9 Å². The molecule has 1 aromatic heterocycles. The largest absolute Gasteiger partial charge is 0.337 e. The first-order valence-corrected chi connectivity index (χ1v) is 10.5. The number of benzene rings is 1. The molecule has 4 heteroatoms. The van der Waals surface area contributed by atoms with Crippen molar-refractivity contribution in [3.05, 3.63) is 47.5 Å². The fraction of sp³-hybridized carbons (Fsp3) is 0.571. The van der Waals surface area contributed by atoms with Crippen LogP contribution in [0, 0.1) is 5.92 Å². The van der Waals surface area contributed by atoms with Gasteiger partial charge in [-0.25, -0.2) is 4.98 Å². The van der Waals surface area contributed by atoms with Gasteiger partial charge in [0.25, 0.3) is 0 Å². The second-order valence-electron chi connectivity index (χ2n) is 7.53. The van der Waals surface area contributed by atoms with Crippen LogP contribution in [0.15, 0.2) is 35.7 Å². The summed E-state index contributed by atoms with van der Waals surface area (Å²) >= 11 is 2.04. The van der Waals surface area contributed by atoms with Gasteiger partial charge in [0.15, 0.2) is 0 Å². The Labute approximate surface area is 162 Å². The van der Waals surface area contributed by atoms with E-state index in [2.05, 4.69) is 41.7 Å². The normalized spacial score (nSPS) is 24.5. The molecule has 2 aliphatic rings. The molecule has 0 radical (unpaired) electrons. The Balaban J connectivity index is 0.00000182. The second-order valence-corrected chi connectivity index (χ2v) is 8.84. The standard InChI is InChI=1S/C21H28N2S.ClH/c1-3-21-9-5-6-17-7-8-19(24-4-2)18(20(17)21)12-16(13-21)14-23-11-10-22-15-23;/h7-8,10-11,15-16H,3-6,9,12-14H2,1-2H3;1H. The second kappa shape index (κ2) is 7.75. The zero-order chi connectivity index (χ0) is 16.6. The van der Waals surface area contributed by atoms with Crippen molar-refractivity contribution in [2.24, 2.45) is 5.92 Å². The molecule has 0 N–H and O–H groups in total. The molecular formula is C21H29ClN2S. The van der Waals surface area contributed by atoms with Crippen LogP contribution in [0.2, 0.25) is 0 Å². The predicted octanol–water partition coefficient (Wildman–Crippen LogP) is 5.66. The van der Waals surface area contributed by atoms with E-state index in [1.807, 2.05) is 24.3 Å². The van der Waals surface area contributed by atoms with Gasteiger partial charge in [-0.2, -0.15) is 0 Å². The van der Waals surface area contributed by atoms with Crippen LogP contribution in [0.25, 0.3) is 0 Å². The van der Waals surface area contributed by atoms with Gasteiger partial charge >= 0.3 is 0 Å². The van der Waals surface area contributed by atoms with Crippen molar-refractivity contribution in [1.29, 1.82) is 0 Å². The third-order valence-electron chi connectivity index (χ3n) is 6.17. The minimum Gasteiger partial charge on any atom is -0.337 e. The van der Waals surface area contributed by atoms with E-state index in [9.17, 15) is 0 Å².